The fourth-order valence-electron chi connectivity index (χ4n) is 3.42. The highest BCUT2D eigenvalue weighted by molar-refractivity contribution is 8.13. The number of carbonyl (C=O) groups excluding carboxylic acids is 2. The maximum atomic E-state index is 12.4. The Labute approximate surface area is 154 Å². The molecule has 0 saturated carbocycles. The Morgan fingerprint density at radius 1 is 1.28 bits per heavy atom. The Morgan fingerprint density at radius 2 is 1.96 bits per heavy atom. The highest BCUT2D eigenvalue weighted by atomic mass is 35.7. The summed E-state index contributed by atoms with van der Waals surface area (Å²) in [6.07, 6.45) is 2.38. The summed E-state index contributed by atoms with van der Waals surface area (Å²) in [7, 11) is 1.69. The van der Waals surface area contributed by atoms with E-state index in [1.54, 1.807) is 9.80 Å². The van der Waals surface area contributed by atoms with Crippen LogP contribution >= 0.6 is 10.7 Å². The quantitative estimate of drug-likeness (QED) is 0.685. The maximum absolute atomic E-state index is 12.4. The van der Waals surface area contributed by atoms with E-state index in [9.17, 15) is 18.0 Å². The largest absolute Gasteiger partial charge is 0.444 e. The van der Waals surface area contributed by atoms with E-state index >= 15 is 0 Å². The van der Waals surface area contributed by atoms with Gasteiger partial charge < -0.3 is 14.5 Å². The number of halogens is 1. The Bertz CT molecular complexity index is 617. The van der Waals surface area contributed by atoms with Crippen molar-refractivity contribution in [2.45, 2.75) is 58.1 Å². The molecule has 0 bridgehead atoms. The van der Waals surface area contributed by atoms with Crippen LogP contribution in [-0.4, -0.2) is 67.2 Å². The number of rotatable bonds is 3. The molecule has 2 saturated heterocycles. The summed E-state index contributed by atoms with van der Waals surface area (Å²) in [5.41, 5.74) is -0.567. The first-order valence-electron chi connectivity index (χ1n) is 8.64. The number of carbonyl (C=O) groups is 2. The summed E-state index contributed by atoms with van der Waals surface area (Å²) in [5, 5.41) is 0. The zero-order chi connectivity index (χ0) is 18.8. The Kier molecular flexibility index (Phi) is 6.25. The molecule has 0 aromatic rings. The molecule has 0 aliphatic carbocycles. The topological polar surface area (TPSA) is 84.0 Å². The number of hydrogen-bond acceptors (Lipinski definition) is 5. The van der Waals surface area contributed by atoms with Gasteiger partial charge in [-0.15, -0.1) is 0 Å². The molecule has 2 fully saturated rings. The minimum absolute atomic E-state index is 0.0682. The van der Waals surface area contributed by atoms with Crippen molar-refractivity contribution in [1.29, 1.82) is 0 Å². The summed E-state index contributed by atoms with van der Waals surface area (Å²) < 4.78 is 28.0. The molecule has 0 aromatic carbocycles. The lowest BCUT2D eigenvalue weighted by atomic mass is 10.1. The lowest BCUT2D eigenvalue weighted by Gasteiger charge is -2.32. The SMILES string of the molecule is CC(C)(C)OC(=O)N1CCCCC(N2CC(CS(=O)(=O)Cl)CC2=O)C1. The molecule has 7 nitrogen and oxygen atoms in total. The van der Waals surface area contributed by atoms with E-state index in [2.05, 4.69) is 0 Å². The molecule has 0 spiro atoms. The predicted octanol–water partition coefficient (Wildman–Crippen LogP) is 2.19. The highest BCUT2D eigenvalue weighted by Gasteiger charge is 2.38. The normalized spacial score (nSPS) is 25.8. The minimum atomic E-state index is -3.63. The molecule has 2 unspecified atom stereocenters. The number of nitrogens with zero attached hydrogens (tertiary/aromatic N) is 2. The molecule has 0 N–H and O–H groups in total. The van der Waals surface area contributed by atoms with Gasteiger partial charge in [0.2, 0.25) is 15.0 Å². The zero-order valence-electron chi connectivity index (χ0n) is 15.0. The fourth-order valence-corrected chi connectivity index (χ4v) is 4.74. The van der Waals surface area contributed by atoms with Crippen molar-refractivity contribution < 1.29 is 22.7 Å². The number of amides is 2. The Morgan fingerprint density at radius 3 is 2.56 bits per heavy atom. The fraction of sp³-hybridized carbons (Fsp3) is 0.875. The maximum Gasteiger partial charge on any atom is 0.410 e. The van der Waals surface area contributed by atoms with E-state index in [4.69, 9.17) is 15.4 Å². The van der Waals surface area contributed by atoms with E-state index in [0.29, 0.717) is 19.6 Å². The molecule has 0 aromatic heterocycles. The molecule has 0 radical (unpaired) electrons. The third-order valence-corrected chi connectivity index (χ3v) is 5.66. The molecule has 9 heteroatoms. The zero-order valence-corrected chi connectivity index (χ0v) is 16.6. The van der Waals surface area contributed by atoms with Crippen LogP contribution in [0.15, 0.2) is 0 Å². The molecule has 2 aliphatic rings. The highest BCUT2D eigenvalue weighted by Crippen LogP contribution is 2.27. The van der Waals surface area contributed by atoms with Crippen molar-refractivity contribution in [1.82, 2.24) is 9.80 Å². The van der Waals surface area contributed by atoms with E-state index in [0.717, 1.165) is 19.3 Å². The molecule has 2 heterocycles. The first-order valence-corrected chi connectivity index (χ1v) is 11.1. The second-order valence-electron chi connectivity index (χ2n) is 7.90. The van der Waals surface area contributed by atoms with Crippen molar-refractivity contribution in [3.63, 3.8) is 0 Å². The standard InChI is InChI=1S/C16H27ClN2O5S/c1-16(2,3)24-15(21)18-7-5-4-6-13(10-18)19-9-12(8-14(19)20)11-25(17,22)23/h12-13H,4-11H2,1-3H3. The molecule has 2 rings (SSSR count). The smallest absolute Gasteiger partial charge is 0.410 e. The van der Waals surface area contributed by atoms with Crippen molar-refractivity contribution >= 4 is 31.7 Å². The Hall–Kier alpha value is -1.02. The lowest BCUT2D eigenvalue weighted by Crippen LogP contribution is -2.47. The van der Waals surface area contributed by atoms with Crippen molar-refractivity contribution in [3.05, 3.63) is 0 Å². The van der Waals surface area contributed by atoms with Crippen LogP contribution in [0.2, 0.25) is 0 Å². The van der Waals surface area contributed by atoms with Crippen molar-refractivity contribution in [2.24, 2.45) is 5.92 Å². The first-order chi connectivity index (χ1) is 11.4. The van der Waals surface area contributed by atoms with Gasteiger partial charge in [-0.2, -0.15) is 0 Å². The molecular formula is C16H27ClN2O5S. The van der Waals surface area contributed by atoms with Crippen LogP contribution in [0.4, 0.5) is 4.79 Å². The summed E-state index contributed by atoms with van der Waals surface area (Å²) in [4.78, 5) is 28.1. The van der Waals surface area contributed by atoms with Gasteiger partial charge in [-0.05, 0) is 40.0 Å². The number of hydrogen-bond donors (Lipinski definition) is 0. The summed E-state index contributed by atoms with van der Waals surface area (Å²) in [6, 6.07) is -0.106. The molecule has 25 heavy (non-hydrogen) atoms. The van der Waals surface area contributed by atoms with E-state index in [1.165, 1.54) is 0 Å². The van der Waals surface area contributed by atoms with Gasteiger partial charge in [-0.3, -0.25) is 4.79 Å². The predicted molar refractivity (Wildman–Crippen MR) is 94.9 cm³/mol. The van der Waals surface area contributed by atoms with Gasteiger partial charge in [-0.1, -0.05) is 0 Å². The monoisotopic (exact) mass is 394 g/mol. The number of likely N-dealkylation sites (tertiary alicyclic amines) is 2. The third-order valence-electron chi connectivity index (χ3n) is 4.41. The van der Waals surface area contributed by atoms with Gasteiger partial charge >= 0.3 is 6.09 Å². The van der Waals surface area contributed by atoms with Crippen LogP contribution in [0.1, 0.15) is 46.5 Å². The molecule has 144 valence electrons. The van der Waals surface area contributed by atoms with Crippen LogP contribution in [0.25, 0.3) is 0 Å². The van der Waals surface area contributed by atoms with Gasteiger partial charge in [0, 0.05) is 48.7 Å². The van der Waals surface area contributed by atoms with Crippen molar-refractivity contribution in [3.8, 4) is 0 Å². The average molecular weight is 395 g/mol. The van der Waals surface area contributed by atoms with E-state index in [-0.39, 0.29) is 36.1 Å². The summed E-state index contributed by atoms with van der Waals surface area (Å²) in [6.45, 7) is 6.86. The molecule has 2 atom stereocenters. The van der Waals surface area contributed by atoms with E-state index in [1.807, 2.05) is 20.8 Å². The van der Waals surface area contributed by atoms with Crippen LogP contribution in [-0.2, 0) is 18.6 Å². The third kappa shape index (κ3) is 6.33. The van der Waals surface area contributed by atoms with Gasteiger partial charge in [0.15, 0.2) is 0 Å². The summed E-state index contributed by atoms with van der Waals surface area (Å²) >= 11 is 0. The van der Waals surface area contributed by atoms with Gasteiger partial charge in [0.1, 0.15) is 5.60 Å². The second-order valence-corrected chi connectivity index (χ2v) is 10.7. The lowest BCUT2D eigenvalue weighted by molar-refractivity contribution is -0.130. The van der Waals surface area contributed by atoms with Gasteiger partial charge in [0.25, 0.3) is 0 Å². The van der Waals surface area contributed by atoms with Crippen LogP contribution in [0.3, 0.4) is 0 Å². The van der Waals surface area contributed by atoms with E-state index < -0.39 is 14.7 Å². The van der Waals surface area contributed by atoms with Gasteiger partial charge in [0.05, 0.1) is 5.75 Å². The van der Waals surface area contributed by atoms with Crippen LogP contribution in [0.5, 0.6) is 0 Å². The van der Waals surface area contributed by atoms with Crippen molar-refractivity contribution in [2.75, 3.05) is 25.4 Å². The first kappa shape index (κ1) is 20.3. The molecule has 2 aliphatic heterocycles. The summed E-state index contributed by atoms with van der Waals surface area (Å²) in [5.74, 6) is -0.547. The second kappa shape index (κ2) is 7.70. The number of ether oxygens (including phenoxy) is 1. The minimum Gasteiger partial charge on any atom is -0.444 e. The average Bonchev–Trinajstić information content (AvgIpc) is 2.65. The Balaban J connectivity index is 2.03. The molecule has 2 amide bonds. The molecular weight excluding hydrogens is 368 g/mol. The van der Waals surface area contributed by atoms with Crippen LogP contribution < -0.4 is 0 Å². The van der Waals surface area contributed by atoms with Crippen LogP contribution in [0, 0.1) is 5.92 Å². The van der Waals surface area contributed by atoms with Gasteiger partial charge in [-0.25, -0.2) is 13.2 Å².